The highest BCUT2D eigenvalue weighted by atomic mass is 32.2. The Kier molecular flexibility index (Phi) is 9.16. The van der Waals surface area contributed by atoms with Crippen molar-refractivity contribution in [3.63, 3.8) is 0 Å². The minimum absolute atomic E-state index is 0.0508. The first-order chi connectivity index (χ1) is 18.2. The van der Waals surface area contributed by atoms with Crippen LogP contribution in [0.3, 0.4) is 0 Å². The van der Waals surface area contributed by atoms with Crippen LogP contribution in [0.5, 0.6) is 0 Å². The summed E-state index contributed by atoms with van der Waals surface area (Å²) in [5, 5.41) is 19.1. The molecule has 0 bridgehead atoms. The number of thiophene rings is 1. The van der Waals surface area contributed by atoms with Crippen LogP contribution < -0.4 is 15.4 Å². The lowest BCUT2D eigenvalue weighted by Crippen LogP contribution is -2.53. The zero-order valence-electron chi connectivity index (χ0n) is 21.4. The van der Waals surface area contributed by atoms with Gasteiger partial charge in [-0.05, 0) is 55.2 Å². The van der Waals surface area contributed by atoms with Gasteiger partial charge < -0.3 is 15.8 Å². The molecule has 0 radical (unpaired) electrons. The molecule has 206 valence electrons. The van der Waals surface area contributed by atoms with Crippen molar-refractivity contribution in [1.29, 1.82) is 0 Å². The number of pyridine rings is 1. The summed E-state index contributed by atoms with van der Waals surface area (Å²) in [5.74, 6) is -0.899. The lowest BCUT2D eigenvalue weighted by atomic mass is 9.84. The van der Waals surface area contributed by atoms with E-state index in [1.165, 1.54) is 36.0 Å². The Morgan fingerprint density at radius 2 is 1.92 bits per heavy atom. The monoisotopic (exact) mass is 562 g/mol. The van der Waals surface area contributed by atoms with Crippen molar-refractivity contribution in [3.8, 4) is 0 Å². The van der Waals surface area contributed by atoms with Crippen LogP contribution in [0.4, 0.5) is 0 Å². The molecule has 2 fully saturated rings. The number of aromatic nitrogens is 1. The molecule has 12 heteroatoms. The molecule has 1 saturated heterocycles. The number of nitrogens with zero attached hydrogens (tertiary/aromatic N) is 2. The summed E-state index contributed by atoms with van der Waals surface area (Å²) in [6.45, 7) is 1.45. The maximum Gasteiger partial charge on any atom is 0.323 e. The molecule has 38 heavy (non-hydrogen) atoms. The van der Waals surface area contributed by atoms with Crippen LogP contribution in [-0.2, 0) is 19.6 Å². The normalized spacial score (nSPS) is 20.4. The fourth-order valence-corrected chi connectivity index (χ4v) is 7.49. The van der Waals surface area contributed by atoms with E-state index in [9.17, 15) is 28.0 Å². The van der Waals surface area contributed by atoms with Gasteiger partial charge in [0.15, 0.2) is 12.0 Å². The smallest absolute Gasteiger partial charge is 0.323 e. The summed E-state index contributed by atoms with van der Waals surface area (Å²) in [5.41, 5.74) is 0.836. The second kappa shape index (κ2) is 12.4. The Morgan fingerprint density at radius 1 is 1.16 bits per heavy atom. The van der Waals surface area contributed by atoms with E-state index in [4.69, 9.17) is 0 Å². The standard InChI is InChI=1S/C26H34N4O6S2/c1-18-12-15-37-24(18)26(33)28-21(16-19-8-3-2-4-9-19)25(32)27-20-10-7-13-29(17-22(20)31)38(35,36)23-11-5-6-14-30(23)34/h5-6,11-12,14-15,19-21H,2-4,7-10,13,16-17H2,1H3,(H,27,32)(H,28,33)/t20-,21?/m0/s1. The van der Waals surface area contributed by atoms with Gasteiger partial charge in [0.05, 0.1) is 17.5 Å². The van der Waals surface area contributed by atoms with Crippen molar-refractivity contribution in [2.75, 3.05) is 13.1 Å². The van der Waals surface area contributed by atoms with Crippen molar-refractivity contribution in [1.82, 2.24) is 14.9 Å². The van der Waals surface area contributed by atoms with Gasteiger partial charge in [0, 0.05) is 18.7 Å². The highest BCUT2D eigenvalue weighted by Gasteiger charge is 2.37. The van der Waals surface area contributed by atoms with Crippen LogP contribution in [0, 0.1) is 18.0 Å². The molecule has 2 aromatic rings. The van der Waals surface area contributed by atoms with E-state index in [0.717, 1.165) is 41.7 Å². The van der Waals surface area contributed by atoms with E-state index < -0.39 is 45.4 Å². The predicted molar refractivity (Wildman–Crippen MR) is 142 cm³/mol. The Balaban J connectivity index is 1.46. The number of sulfonamides is 1. The Morgan fingerprint density at radius 3 is 2.61 bits per heavy atom. The number of carbonyl (C=O) groups excluding carboxylic acids is 3. The van der Waals surface area contributed by atoms with Crippen LogP contribution >= 0.6 is 11.3 Å². The van der Waals surface area contributed by atoms with Gasteiger partial charge >= 0.3 is 15.0 Å². The maximum absolute atomic E-state index is 13.4. The van der Waals surface area contributed by atoms with Gasteiger partial charge in [-0.1, -0.05) is 32.1 Å². The average Bonchev–Trinajstić information content (AvgIpc) is 3.24. The third kappa shape index (κ3) is 6.59. The molecular weight excluding hydrogens is 528 g/mol. The molecule has 1 aliphatic heterocycles. The molecule has 2 aliphatic rings. The van der Waals surface area contributed by atoms with E-state index in [2.05, 4.69) is 10.6 Å². The van der Waals surface area contributed by atoms with Crippen LogP contribution in [0.15, 0.2) is 40.9 Å². The molecule has 3 heterocycles. The zero-order chi connectivity index (χ0) is 27.3. The number of hydrogen-bond acceptors (Lipinski definition) is 7. The molecule has 2 aromatic heterocycles. The van der Waals surface area contributed by atoms with Crippen LogP contribution in [0.2, 0.25) is 0 Å². The van der Waals surface area contributed by atoms with Crippen molar-refractivity contribution in [3.05, 3.63) is 51.5 Å². The molecule has 1 aliphatic carbocycles. The number of ketones is 1. The maximum atomic E-state index is 13.4. The van der Waals surface area contributed by atoms with Crippen LogP contribution in [-0.4, -0.2) is 55.5 Å². The fraction of sp³-hybridized carbons (Fsp3) is 0.538. The summed E-state index contributed by atoms with van der Waals surface area (Å²) in [4.78, 5) is 40.0. The van der Waals surface area contributed by atoms with Crippen LogP contribution in [0.25, 0.3) is 0 Å². The Bertz CT molecular complexity index is 1270. The number of nitrogens with one attached hydrogen (secondary N) is 2. The molecule has 1 unspecified atom stereocenters. The van der Waals surface area contributed by atoms with Gasteiger partial charge in [-0.15, -0.1) is 11.3 Å². The van der Waals surface area contributed by atoms with Gasteiger partial charge in [-0.2, -0.15) is 9.04 Å². The molecule has 2 N–H and O–H groups in total. The third-order valence-corrected chi connectivity index (χ3v) is 10.2. The molecule has 10 nitrogen and oxygen atoms in total. The van der Waals surface area contributed by atoms with Gasteiger partial charge in [-0.25, -0.2) is 8.42 Å². The number of carbonyl (C=O) groups is 3. The second-order valence-corrected chi connectivity index (χ2v) is 12.9. The number of Topliss-reactive ketones (excluding diaryl/α,β-unsaturated/α-hetero) is 1. The van der Waals surface area contributed by atoms with E-state index in [1.807, 2.05) is 18.4 Å². The molecule has 1 saturated carbocycles. The molecule has 4 rings (SSSR count). The lowest BCUT2D eigenvalue weighted by Gasteiger charge is -2.28. The molecule has 0 spiro atoms. The van der Waals surface area contributed by atoms with Crippen molar-refractivity contribution < 1.29 is 27.5 Å². The lowest BCUT2D eigenvalue weighted by molar-refractivity contribution is -0.646. The van der Waals surface area contributed by atoms with Gasteiger partial charge in [0.25, 0.3) is 5.91 Å². The summed E-state index contributed by atoms with van der Waals surface area (Å²) >= 11 is 1.31. The largest absolute Gasteiger partial charge is 0.618 e. The quantitative estimate of drug-likeness (QED) is 0.374. The minimum Gasteiger partial charge on any atom is -0.618 e. The number of aryl methyl sites for hydroxylation is 1. The van der Waals surface area contributed by atoms with Gasteiger partial charge in [0.1, 0.15) is 6.04 Å². The first kappa shape index (κ1) is 28.2. The van der Waals surface area contributed by atoms with Crippen LogP contribution in [0.1, 0.15) is 66.6 Å². The summed E-state index contributed by atoms with van der Waals surface area (Å²) in [6, 6.07) is 4.24. The van der Waals surface area contributed by atoms with E-state index in [-0.39, 0.29) is 23.6 Å². The third-order valence-electron chi connectivity index (χ3n) is 7.31. The first-order valence-electron chi connectivity index (χ1n) is 13.0. The van der Waals surface area contributed by atoms with Crippen molar-refractivity contribution in [2.24, 2.45) is 5.92 Å². The molecule has 2 atom stereocenters. The molecule has 2 amide bonds. The van der Waals surface area contributed by atoms with Gasteiger partial charge in [-0.3, -0.25) is 14.4 Å². The predicted octanol–water partition coefficient (Wildman–Crippen LogP) is 2.30. The zero-order valence-corrected chi connectivity index (χ0v) is 23.1. The fourth-order valence-electron chi connectivity index (χ4n) is 5.19. The topological polar surface area (TPSA) is 140 Å². The average molecular weight is 563 g/mol. The van der Waals surface area contributed by atoms with Gasteiger partial charge in [0.2, 0.25) is 5.91 Å². The van der Waals surface area contributed by atoms with Crippen molar-refractivity contribution in [2.45, 2.75) is 75.4 Å². The summed E-state index contributed by atoms with van der Waals surface area (Å²) in [6.07, 6.45) is 7.50. The Hall–Kier alpha value is -2.83. The van der Waals surface area contributed by atoms with E-state index in [1.54, 1.807) is 0 Å². The van der Waals surface area contributed by atoms with E-state index in [0.29, 0.717) is 23.6 Å². The summed E-state index contributed by atoms with van der Waals surface area (Å²) < 4.78 is 27.3. The van der Waals surface area contributed by atoms with Crippen molar-refractivity contribution >= 4 is 39.0 Å². The number of hydrogen-bond donors (Lipinski definition) is 2. The highest BCUT2D eigenvalue weighted by molar-refractivity contribution is 7.89. The Labute approximate surface area is 227 Å². The number of amides is 2. The molecule has 0 aromatic carbocycles. The minimum atomic E-state index is -4.19. The first-order valence-corrected chi connectivity index (χ1v) is 15.3. The highest BCUT2D eigenvalue weighted by Crippen LogP contribution is 2.28. The molecular formula is C26H34N4O6S2. The SMILES string of the molecule is Cc1ccsc1C(=O)NC(CC1CCCCC1)C(=O)N[C@H]1CCCN(S(=O)(=O)c2cccc[n+]2[O-])CC1=O. The van der Waals surface area contributed by atoms with E-state index >= 15 is 0 Å². The second-order valence-electron chi connectivity index (χ2n) is 10.1. The number of rotatable bonds is 8. The summed E-state index contributed by atoms with van der Waals surface area (Å²) in [7, 11) is -4.19.